The largest absolute Gasteiger partial charge is 0.280 e. The number of rotatable bonds is 3. The van der Waals surface area contributed by atoms with Crippen molar-refractivity contribution < 1.29 is 4.79 Å². The summed E-state index contributed by atoms with van der Waals surface area (Å²) in [5.74, 6) is -0.172. The number of carbonyl (C=O) groups excluding carboxylic acids is 1. The van der Waals surface area contributed by atoms with Gasteiger partial charge < -0.3 is 0 Å². The Kier molecular flexibility index (Phi) is 5.08. The van der Waals surface area contributed by atoms with Gasteiger partial charge in [-0.3, -0.25) is 4.79 Å². The maximum Gasteiger partial charge on any atom is 0.280 e. The Hall–Kier alpha value is -3.18. The number of benzene rings is 2. The maximum absolute atomic E-state index is 13.1. The Morgan fingerprint density at radius 1 is 0.933 bits per heavy atom. The van der Waals surface area contributed by atoms with Crippen LogP contribution in [0, 0.1) is 27.7 Å². The number of hydrazone groups is 1. The van der Waals surface area contributed by atoms with Crippen LogP contribution in [0.3, 0.4) is 0 Å². The van der Waals surface area contributed by atoms with Gasteiger partial charge in [0.05, 0.1) is 28.4 Å². The highest BCUT2D eigenvalue weighted by Gasteiger charge is 2.29. The van der Waals surface area contributed by atoms with Crippen LogP contribution in [0.4, 0.5) is 5.69 Å². The van der Waals surface area contributed by atoms with Crippen LogP contribution in [0.25, 0.3) is 11.8 Å². The Labute approximate surface area is 181 Å². The first-order valence-electron chi connectivity index (χ1n) is 9.77. The van der Waals surface area contributed by atoms with Crippen molar-refractivity contribution in [2.75, 3.05) is 5.01 Å². The van der Waals surface area contributed by atoms with Crippen molar-refractivity contribution in [1.82, 2.24) is 9.78 Å². The Morgan fingerprint density at radius 3 is 2.27 bits per heavy atom. The van der Waals surface area contributed by atoms with Gasteiger partial charge in [0.15, 0.2) is 0 Å². The first-order valence-corrected chi connectivity index (χ1v) is 10.1. The zero-order chi connectivity index (χ0) is 21.6. The van der Waals surface area contributed by atoms with E-state index in [2.05, 4.69) is 24.2 Å². The van der Waals surface area contributed by atoms with E-state index in [0.29, 0.717) is 22.0 Å². The quantitative estimate of drug-likeness (QED) is 0.522. The molecule has 6 heteroatoms. The molecule has 3 aromatic rings. The summed E-state index contributed by atoms with van der Waals surface area (Å²) in [5.41, 5.74) is 7.78. The molecule has 0 radical (unpaired) electrons. The predicted molar refractivity (Wildman–Crippen MR) is 123 cm³/mol. The summed E-state index contributed by atoms with van der Waals surface area (Å²) < 4.78 is 1.91. The molecule has 0 spiro atoms. The van der Waals surface area contributed by atoms with Gasteiger partial charge in [0.1, 0.15) is 0 Å². The van der Waals surface area contributed by atoms with Gasteiger partial charge in [-0.15, -0.1) is 0 Å². The third-order valence-electron chi connectivity index (χ3n) is 5.38. The molecule has 0 saturated heterocycles. The zero-order valence-electron chi connectivity index (χ0n) is 17.7. The lowest BCUT2D eigenvalue weighted by atomic mass is 10.1. The number of carbonyl (C=O) groups is 1. The fourth-order valence-corrected chi connectivity index (χ4v) is 3.69. The number of aromatic nitrogens is 2. The monoisotopic (exact) mass is 418 g/mol. The number of aryl methyl sites for hydroxylation is 3. The third-order valence-corrected chi connectivity index (χ3v) is 5.78. The van der Waals surface area contributed by atoms with E-state index < -0.39 is 0 Å². The van der Waals surface area contributed by atoms with Crippen LogP contribution in [-0.2, 0) is 4.79 Å². The number of hydrogen-bond acceptors (Lipinski definition) is 3. The number of nitrogens with zero attached hydrogens (tertiary/aromatic N) is 4. The lowest BCUT2D eigenvalue weighted by molar-refractivity contribution is -0.114. The molecule has 0 bridgehead atoms. The minimum atomic E-state index is -0.172. The Bertz CT molecular complexity index is 1220. The second kappa shape index (κ2) is 7.58. The molecule has 0 N–H and O–H groups in total. The molecule has 1 aliphatic rings. The van der Waals surface area contributed by atoms with E-state index in [0.717, 1.165) is 28.2 Å². The van der Waals surface area contributed by atoms with Crippen molar-refractivity contribution in [1.29, 1.82) is 0 Å². The molecular weight excluding hydrogens is 396 g/mol. The first kappa shape index (κ1) is 20.1. The Balaban J connectivity index is 1.72. The van der Waals surface area contributed by atoms with Crippen LogP contribution in [-0.4, -0.2) is 21.4 Å². The summed E-state index contributed by atoms with van der Waals surface area (Å²) >= 11 is 6.24. The second-order valence-electron chi connectivity index (χ2n) is 7.63. The zero-order valence-corrected chi connectivity index (χ0v) is 18.4. The van der Waals surface area contributed by atoms with E-state index in [1.54, 1.807) is 6.07 Å². The van der Waals surface area contributed by atoms with E-state index in [9.17, 15) is 4.79 Å². The SMILES string of the molecule is CC1=NN(c2ccc(C)c(Cl)c2)C(=O)/C1=C/c1c(C)nn(-c2ccc(C)cc2)c1C. The minimum absolute atomic E-state index is 0.172. The van der Waals surface area contributed by atoms with Crippen LogP contribution in [0.1, 0.15) is 35.0 Å². The molecular formula is C24H23ClN4O. The van der Waals surface area contributed by atoms with Crippen molar-refractivity contribution in [3.8, 4) is 5.69 Å². The van der Waals surface area contributed by atoms with E-state index in [-0.39, 0.29) is 5.91 Å². The molecule has 1 amide bonds. The molecule has 152 valence electrons. The van der Waals surface area contributed by atoms with E-state index in [1.165, 1.54) is 10.6 Å². The maximum atomic E-state index is 13.1. The smallest absolute Gasteiger partial charge is 0.267 e. The molecule has 5 nitrogen and oxygen atoms in total. The molecule has 4 rings (SSSR count). The standard InChI is InChI=1S/C24H23ClN4O/c1-14-6-9-19(10-7-14)28-18(5)21(16(3)26-28)13-22-17(4)27-29(24(22)30)20-11-8-15(2)23(25)12-20/h6-13H,1-5H3/b22-13+. The van der Waals surface area contributed by atoms with Gasteiger partial charge in [0.2, 0.25) is 0 Å². The number of amides is 1. The van der Waals surface area contributed by atoms with Crippen molar-refractivity contribution in [3.05, 3.63) is 81.1 Å². The molecule has 0 atom stereocenters. The van der Waals surface area contributed by atoms with Gasteiger partial charge in [-0.1, -0.05) is 35.4 Å². The average molecular weight is 419 g/mol. The van der Waals surface area contributed by atoms with Gasteiger partial charge in [-0.25, -0.2) is 4.68 Å². The molecule has 1 aliphatic heterocycles. The Morgan fingerprint density at radius 2 is 1.60 bits per heavy atom. The lowest BCUT2D eigenvalue weighted by Crippen LogP contribution is -2.21. The summed E-state index contributed by atoms with van der Waals surface area (Å²) in [7, 11) is 0. The third kappa shape index (κ3) is 3.46. The highest BCUT2D eigenvalue weighted by atomic mass is 35.5. The van der Waals surface area contributed by atoms with Crippen molar-refractivity contribution in [2.24, 2.45) is 5.10 Å². The number of hydrogen-bond donors (Lipinski definition) is 0. The van der Waals surface area contributed by atoms with Crippen molar-refractivity contribution >= 4 is 35.0 Å². The van der Waals surface area contributed by atoms with Crippen LogP contribution in [0.2, 0.25) is 5.02 Å². The molecule has 2 heterocycles. The van der Waals surface area contributed by atoms with E-state index in [1.807, 2.05) is 62.7 Å². The normalized spacial score (nSPS) is 15.3. The summed E-state index contributed by atoms with van der Waals surface area (Å²) in [6.07, 6.45) is 1.89. The van der Waals surface area contributed by atoms with Gasteiger partial charge in [0, 0.05) is 16.3 Å². The minimum Gasteiger partial charge on any atom is -0.267 e. The summed E-state index contributed by atoms with van der Waals surface area (Å²) in [4.78, 5) is 13.1. The van der Waals surface area contributed by atoms with Crippen LogP contribution >= 0.6 is 11.6 Å². The van der Waals surface area contributed by atoms with Crippen LogP contribution in [0.5, 0.6) is 0 Å². The van der Waals surface area contributed by atoms with Gasteiger partial charge in [-0.05, 0) is 70.5 Å². The predicted octanol–water partition coefficient (Wildman–Crippen LogP) is 5.57. The fourth-order valence-electron chi connectivity index (χ4n) is 3.52. The van der Waals surface area contributed by atoms with Crippen LogP contribution < -0.4 is 5.01 Å². The fraction of sp³-hybridized carbons (Fsp3) is 0.208. The molecule has 0 saturated carbocycles. The van der Waals surface area contributed by atoms with Gasteiger partial charge in [-0.2, -0.15) is 15.2 Å². The average Bonchev–Trinajstić information content (AvgIpc) is 3.15. The molecule has 1 aromatic heterocycles. The van der Waals surface area contributed by atoms with Gasteiger partial charge in [0.25, 0.3) is 5.91 Å². The highest BCUT2D eigenvalue weighted by molar-refractivity contribution is 6.33. The van der Waals surface area contributed by atoms with E-state index >= 15 is 0 Å². The van der Waals surface area contributed by atoms with E-state index in [4.69, 9.17) is 16.7 Å². The number of halogens is 1. The highest BCUT2D eigenvalue weighted by Crippen LogP contribution is 2.30. The van der Waals surface area contributed by atoms with Gasteiger partial charge >= 0.3 is 0 Å². The molecule has 0 fully saturated rings. The first-order chi connectivity index (χ1) is 14.3. The second-order valence-corrected chi connectivity index (χ2v) is 8.03. The number of anilines is 1. The van der Waals surface area contributed by atoms with Crippen molar-refractivity contribution in [2.45, 2.75) is 34.6 Å². The topological polar surface area (TPSA) is 50.5 Å². The lowest BCUT2D eigenvalue weighted by Gasteiger charge is -2.12. The molecule has 0 aliphatic carbocycles. The summed E-state index contributed by atoms with van der Waals surface area (Å²) in [6, 6.07) is 13.7. The van der Waals surface area contributed by atoms with Crippen LogP contribution in [0.15, 0.2) is 53.1 Å². The van der Waals surface area contributed by atoms with Crippen molar-refractivity contribution in [3.63, 3.8) is 0 Å². The summed E-state index contributed by atoms with van der Waals surface area (Å²) in [6.45, 7) is 9.79. The molecule has 2 aromatic carbocycles. The molecule has 30 heavy (non-hydrogen) atoms. The molecule has 0 unspecified atom stereocenters. The summed E-state index contributed by atoms with van der Waals surface area (Å²) in [5, 5.41) is 11.2.